The van der Waals surface area contributed by atoms with Crippen LogP contribution in [0.15, 0.2) is 43.0 Å². The Morgan fingerprint density at radius 2 is 1.64 bits per heavy atom. The first kappa shape index (κ1) is 17.8. The van der Waals surface area contributed by atoms with Gasteiger partial charge in [0.2, 0.25) is 0 Å². The Morgan fingerprint density at radius 3 is 2.16 bits per heavy atom. The molecule has 1 saturated carbocycles. The van der Waals surface area contributed by atoms with Gasteiger partial charge in [0, 0.05) is 18.0 Å². The Balaban J connectivity index is 1.72. The molecule has 9 heteroatoms. The third-order valence-electron chi connectivity index (χ3n) is 3.97. The zero-order chi connectivity index (χ0) is 18.1. The minimum Gasteiger partial charge on any atom is -0.490 e. The average Bonchev–Trinajstić information content (AvgIpc) is 3.33. The van der Waals surface area contributed by atoms with Gasteiger partial charge in [0.1, 0.15) is 30.0 Å². The standard InChI is InChI=1S/C16H14ClF3N2O3/c17-14(5-6-14)15(23,11-7-21-10-22-8-11)9-24-12-1-3-13(4-2-12)25-16(18,19)20/h1-4,7-8,10,23H,5-6,9H2. The summed E-state index contributed by atoms with van der Waals surface area (Å²) in [6.07, 6.45) is 0.687. The lowest BCUT2D eigenvalue weighted by atomic mass is 9.91. The van der Waals surface area contributed by atoms with Crippen molar-refractivity contribution in [1.82, 2.24) is 9.97 Å². The maximum atomic E-state index is 12.2. The molecule has 0 saturated heterocycles. The zero-order valence-electron chi connectivity index (χ0n) is 12.8. The highest BCUT2D eigenvalue weighted by Crippen LogP contribution is 2.55. The van der Waals surface area contributed by atoms with Crippen molar-refractivity contribution in [1.29, 1.82) is 0 Å². The number of nitrogens with zero attached hydrogens (tertiary/aromatic N) is 2. The van der Waals surface area contributed by atoms with Crippen molar-refractivity contribution in [2.45, 2.75) is 29.7 Å². The second-order valence-electron chi connectivity index (χ2n) is 5.76. The van der Waals surface area contributed by atoms with E-state index in [4.69, 9.17) is 16.3 Å². The molecule has 25 heavy (non-hydrogen) atoms. The summed E-state index contributed by atoms with van der Waals surface area (Å²) in [5, 5.41) is 11.0. The minimum absolute atomic E-state index is 0.191. The van der Waals surface area contributed by atoms with Crippen LogP contribution >= 0.6 is 11.6 Å². The molecule has 0 amide bonds. The van der Waals surface area contributed by atoms with Crippen molar-refractivity contribution >= 4 is 11.6 Å². The number of aliphatic hydroxyl groups is 1. The Morgan fingerprint density at radius 1 is 1.08 bits per heavy atom. The SMILES string of the molecule is OC(COc1ccc(OC(F)(F)F)cc1)(c1cncnc1)C1(Cl)CC1. The van der Waals surface area contributed by atoms with Gasteiger partial charge in [-0.05, 0) is 37.1 Å². The second-order valence-corrected chi connectivity index (χ2v) is 6.48. The minimum atomic E-state index is -4.76. The molecule has 1 N–H and O–H groups in total. The number of alkyl halides is 4. The van der Waals surface area contributed by atoms with Gasteiger partial charge in [-0.2, -0.15) is 0 Å². The second kappa shape index (κ2) is 6.34. The fourth-order valence-corrected chi connectivity index (χ4v) is 2.69. The number of aromatic nitrogens is 2. The number of benzene rings is 1. The summed E-state index contributed by atoms with van der Waals surface area (Å²) in [5.41, 5.74) is -1.10. The van der Waals surface area contributed by atoms with Gasteiger partial charge in [-0.3, -0.25) is 0 Å². The molecule has 134 valence electrons. The zero-order valence-corrected chi connectivity index (χ0v) is 13.6. The first-order chi connectivity index (χ1) is 11.7. The van der Waals surface area contributed by atoms with Crippen LogP contribution in [0.4, 0.5) is 13.2 Å². The summed E-state index contributed by atoms with van der Waals surface area (Å²) in [6.45, 7) is -0.191. The molecule has 3 rings (SSSR count). The van der Waals surface area contributed by atoms with E-state index in [1.807, 2.05) is 0 Å². The largest absolute Gasteiger partial charge is 0.573 e. The van der Waals surface area contributed by atoms with Crippen LogP contribution in [0, 0.1) is 0 Å². The highest BCUT2D eigenvalue weighted by Gasteiger charge is 2.59. The lowest BCUT2D eigenvalue weighted by molar-refractivity contribution is -0.274. The van der Waals surface area contributed by atoms with Gasteiger partial charge < -0.3 is 14.6 Å². The van der Waals surface area contributed by atoms with Gasteiger partial charge in [0.25, 0.3) is 0 Å². The van der Waals surface area contributed by atoms with Crippen LogP contribution in [0.3, 0.4) is 0 Å². The van der Waals surface area contributed by atoms with E-state index in [0.29, 0.717) is 18.4 Å². The van der Waals surface area contributed by atoms with E-state index in [2.05, 4.69) is 14.7 Å². The lowest BCUT2D eigenvalue weighted by Gasteiger charge is -2.32. The molecule has 1 heterocycles. The summed E-state index contributed by atoms with van der Waals surface area (Å²) in [4.78, 5) is 6.89. The van der Waals surface area contributed by atoms with E-state index in [0.717, 1.165) is 12.1 Å². The van der Waals surface area contributed by atoms with Gasteiger partial charge >= 0.3 is 6.36 Å². The van der Waals surface area contributed by atoms with Gasteiger partial charge in [-0.1, -0.05) is 0 Å². The molecule has 1 aromatic heterocycles. The lowest BCUT2D eigenvalue weighted by Crippen LogP contribution is -2.43. The molecule has 1 aliphatic carbocycles. The van der Waals surface area contributed by atoms with Crippen LogP contribution in [-0.4, -0.2) is 32.9 Å². The monoisotopic (exact) mass is 374 g/mol. The highest BCUT2D eigenvalue weighted by molar-refractivity contribution is 6.26. The smallest absolute Gasteiger partial charge is 0.490 e. The summed E-state index contributed by atoms with van der Waals surface area (Å²) < 4.78 is 45.8. The molecular formula is C16H14ClF3N2O3. The van der Waals surface area contributed by atoms with E-state index in [9.17, 15) is 18.3 Å². The molecular weight excluding hydrogens is 361 g/mol. The van der Waals surface area contributed by atoms with Gasteiger partial charge in [0.15, 0.2) is 0 Å². The van der Waals surface area contributed by atoms with Crippen LogP contribution < -0.4 is 9.47 Å². The van der Waals surface area contributed by atoms with Gasteiger partial charge in [0.05, 0.1) is 4.87 Å². The molecule has 2 aromatic rings. The number of halogens is 4. The van der Waals surface area contributed by atoms with Crippen molar-refractivity contribution in [3.8, 4) is 11.5 Å². The van der Waals surface area contributed by atoms with Crippen molar-refractivity contribution in [2.75, 3.05) is 6.61 Å². The number of hydrogen-bond acceptors (Lipinski definition) is 5. The summed E-state index contributed by atoms with van der Waals surface area (Å²) >= 11 is 6.42. The number of ether oxygens (including phenoxy) is 2. The molecule has 0 radical (unpaired) electrons. The quantitative estimate of drug-likeness (QED) is 0.785. The molecule has 0 bridgehead atoms. The predicted molar refractivity (Wildman–Crippen MR) is 82.4 cm³/mol. The Bertz CT molecular complexity index is 724. The van der Waals surface area contributed by atoms with E-state index in [1.54, 1.807) is 0 Å². The van der Waals surface area contributed by atoms with E-state index >= 15 is 0 Å². The molecule has 1 unspecified atom stereocenters. The maximum absolute atomic E-state index is 12.2. The van der Waals surface area contributed by atoms with E-state index in [-0.39, 0.29) is 18.1 Å². The predicted octanol–water partition coefficient (Wildman–Crippen LogP) is 3.41. The first-order valence-corrected chi connectivity index (χ1v) is 7.75. The molecule has 0 aliphatic heterocycles. The number of rotatable bonds is 6. The normalized spacial score (nSPS) is 18.3. The van der Waals surface area contributed by atoms with Crippen LogP contribution in [0.5, 0.6) is 11.5 Å². The third-order valence-corrected chi connectivity index (χ3v) is 4.66. The van der Waals surface area contributed by atoms with Crippen LogP contribution in [0.25, 0.3) is 0 Å². The number of hydrogen-bond donors (Lipinski definition) is 1. The molecule has 0 spiro atoms. The van der Waals surface area contributed by atoms with Crippen LogP contribution in [0.2, 0.25) is 0 Å². The Hall–Kier alpha value is -2.06. The first-order valence-electron chi connectivity index (χ1n) is 7.37. The fourth-order valence-electron chi connectivity index (χ4n) is 2.43. The van der Waals surface area contributed by atoms with Crippen LogP contribution in [-0.2, 0) is 5.60 Å². The Labute approximate surface area is 146 Å². The van der Waals surface area contributed by atoms with Gasteiger partial charge in [-0.15, -0.1) is 24.8 Å². The van der Waals surface area contributed by atoms with Crippen molar-refractivity contribution in [2.24, 2.45) is 0 Å². The van der Waals surface area contributed by atoms with Crippen molar-refractivity contribution in [3.05, 3.63) is 48.5 Å². The van der Waals surface area contributed by atoms with Gasteiger partial charge in [-0.25, -0.2) is 9.97 Å². The summed E-state index contributed by atoms with van der Waals surface area (Å²) in [6, 6.07) is 4.88. The maximum Gasteiger partial charge on any atom is 0.573 e. The van der Waals surface area contributed by atoms with Crippen molar-refractivity contribution in [3.63, 3.8) is 0 Å². The van der Waals surface area contributed by atoms with E-state index < -0.39 is 16.8 Å². The molecule has 1 fully saturated rings. The summed E-state index contributed by atoms with van der Waals surface area (Å²) in [7, 11) is 0. The molecule has 5 nitrogen and oxygen atoms in total. The summed E-state index contributed by atoms with van der Waals surface area (Å²) in [5.74, 6) is -0.0895. The fraction of sp³-hybridized carbons (Fsp3) is 0.375. The average molecular weight is 375 g/mol. The molecule has 1 aromatic carbocycles. The van der Waals surface area contributed by atoms with Crippen LogP contribution in [0.1, 0.15) is 18.4 Å². The molecule has 1 atom stereocenters. The highest BCUT2D eigenvalue weighted by atomic mass is 35.5. The topological polar surface area (TPSA) is 64.5 Å². The third kappa shape index (κ3) is 3.96. The Kier molecular flexibility index (Phi) is 4.51. The van der Waals surface area contributed by atoms with E-state index in [1.165, 1.54) is 30.9 Å². The molecule has 1 aliphatic rings. The van der Waals surface area contributed by atoms with Crippen molar-refractivity contribution < 1.29 is 27.8 Å².